The third-order valence-corrected chi connectivity index (χ3v) is 4.46. The lowest BCUT2D eigenvalue weighted by Crippen LogP contribution is -2.23. The summed E-state index contributed by atoms with van der Waals surface area (Å²) < 4.78 is 17.4. The second-order valence-corrected chi connectivity index (χ2v) is 6.57. The van der Waals surface area contributed by atoms with Crippen molar-refractivity contribution in [1.29, 1.82) is 0 Å². The molecule has 4 aromatic rings. The Bertz CT molecular complexity index is 1260. The molecule has 0 bridgehead atoms. The second kappa shape index (κ2) is 7.74. The van der Waals surface area contributed by atoms with Gasteiger partial charge in [-0.2, -0.15) is 10.2 Å². The average Bonchev–Trinajstić information content (AvgIpc) is 3.35. The normalized spacial score (nSPS) is 10.9. The summed E-state index contributed by atoms with van der Waals surface area (Å²) in [6.07, 6.45) is 8.07. The number of nitrogens with one attached hydrogen (secondary N) is 2. The average molecular weight is 407 g/mol. The molecule has 3 heterocycles. The molecule has 0 aliphatic heterocycles. The molecule has 3 aromatic heterocycles. The molecule has 0 saturated carbocycles. The Morgan fingerprint density at radius 1 is 1.10 bits per heavy atom. The molecule has 0 radical (unpaired) electrons. The zero-order valence-corrected chi connectivity index (χ0v) is 16.3. The number of benzene rings is 1. The first-order valence-corrected chi connectivity index (χ1v) is 9.17. The second-order valence-electron chi connectivity index (χ2n) is 6.57. The van der Waals surface area contributed by atoms with Gasteiger partial charge in [0.2, 0.25) is 0 Å². The number of carbonyl (C=O) groups excluding carboxylic acids is 2. The molecule has 2 N–H and O–H groups in total. The highest BCUT2D eigenvalue weighted by Crippen LogP contribution is 2.21. The Hall–Kier alpha value is -4.08. The molecule has 152 valence electrons. The lowest BCUT2D eigenvalue weighted by atomic mass is 10.1. The van der Waals surface area contributed by atoms with Crippen LogP contribution in [0.1, 0.15) is 27.6 Å². The van der Waals surface area contributed by atoms with Crippen molar-refractivity contribution in [1.82, 2.24) is 29.7 Å². The van der Waals surface area contributed by atoms with E-state index in [1.165, 1.54) is 29.0 Å². The van der Waals surface area contributed by atoms with E-state index in [0.29, 0.717) is 17.8 Å². The van der Waals surface area contributed by atoms with Gasteiger partial charge >= 0.3 is 0 Å². The van der Waals surface area contributed by atoms with E-state index in [1.807, 2.05) is 6.20 Å². The van der Waals surface area contributed by atoms with Gasteiger partial charge in [-0.05, 0) is 25.1 Å². The number of carbonyl (C=O) groups is 2. The number of aromatic nitrogens is 5. The molecular weight excluding hydrogens is 389 g/mol. The molecule has 30 heavy (non-hydrogen) atoms. The van der Waals surface area contributed by atoms with Crippen molar-refractivity contribution in [3.05, 3.63) is 66.1 Å². The fourth-order valence-corrected chi connectivity index (χ4v) is 2.98. The van der Waals surface area contributed by atoms with E-state index in [0.717, 1.165) is 11.6 Å². The molecule has 9 nitrogen and oxygen atoms in total. The maximum atomic E-state index is 14.2. The highest BCUT2D eigenvalue weighted by Gasteiger charge is 2.17. The van der Waals surface area contributed by atoms with E-state index in [4.69, 9.17) is 0 Å². The number of hydrogen-bond acceptors (Lipinski definition) is 5. The van der Waals surface area contributed by atoms with Crippen LogP contribution in [0.25, 0.3) is 16.8 Å². The standard InChI is InChI=1S/C20H18FN7O2/c1-3-22-19(29)12-4-5-15(21)16(6-12)26-20(30)14-8-25-28-11-17(23-9-18(14)28)13-7-24-27(2)10-13/h4-11H,3H2,1-2H3,(H,22,29)(H,26,30). The molecule has 10 heteroatoms. The van der Waals surface area contributed by atoms with Crippen LogP contribution >= 0.6 is 0 Å². The summed E-state index contributed by atoms with van der Waals surface area (Å²) >= 11 is 0. The monoisotopic (exact) mass is 407 g/mol. The minimum Gasteiger partial charge on any atom is -0.352 e. The molecule has 0 atom stereocenters. The quantitative estimate of drug-likeness (QED) is 0.528. The number of anilines is 1. The molecule has 0 aliphatic carbocycles. The van der Waals surface area contributed by atoms with E-state index in [2.05, 4.69) is 25.8 Å². The molecule has 0 spiro atoms. The van der Waals surface area contributed by atoms with Crippen LogP contribution in [0.5, 0.6) is 0 Å². The van der Waals surface area contributed by atoms with E-state index in [-0.39, 0.29) is 22.7 Å². The van der Waals surface area contributed by atoms with Gasteiger partial charge in [-0.3, -0.25) is 19.3 Å². The zero-order chi connectivity index (χ0) is 21.3. The summed E-state index contributed by atoms with van der Waals surface area (Å²) in [6.45, 7) is 2.22. The maximum absolute atomic E-state index is 14.2. The van der Waals surface area contributed by atoms with E-state index in [1.54, 1.807) is 31.0 Å². The maximum Gasteiger partial charge on any atom is 0.259 e. The molecule has 1 aromatic carbocycles. The number of nitrogens with zero attached hydrogens (tertiary/aromatic N) is 5. The highest BCUT2D eigenvalue weighted by molar-refractivity contribution is 6.09. The first kappa shape index (κ1) is 19.2. The van der Waals surface area contributed by atoms with E-state index < -0.39 is 11.7 Å². The third-order valence-electron chi connectivity index (χ3n) is 4.46. The molecule has 0 unspecified atom stereocenters. The van der Waals surface area contributed by atoms with Gasteiger partial charge in [0.1, 0.15) is 5.82 Å². The Balaban J connectivity index is 1.61. The number of fused-ring (bicyclic) bond motifs is 1. The van der Waals surface area contributed by atoms with Crippen molar-refractivity contribution >= 4 is 23.0 Å². The van der Waals surface area contributed by atoms with Crippen molar-refractivity contribution in [3.63, 3.8) is 0 Å². The van der Waals surface area contributed by atoms with Crippen LogP contribution < -0.4 is 10.6 Å². The Labute approximate surface area is 170 Å². The number of hydrogen-bond donors (Lipinski definition) is 2. The molecular formula is C20H18FN7O2. The van der Waals surface area contributed by atoms with Crippen LogP contribution in [0, 0.1) is 5.82 Å². The van der Waals surface area contributed by atoms with Gasteiger partial charge < -0.3 is 10.6 Å². The van der Waals surface area contributed by atoms with Crippen molar-refractivity contribution < 1.29 is 14.0 Å². The summed E-state index contributed by atoms with van der Waals surface area (Å²) in [4.78, 5) is 29.1. The van der Waals surface area contributed by atoms with Crippen molar-refractivity contribution in [3.8, 4) is 11.3 Å². The van der Waals surface area contributed by atoms with Gasteiger partial charge in [0.05, 0.1) is 47.2 Å². The fraction of sp³-hybridized carbons (Fsp3) is 0.150. The first-order valence-electron chi connectivity index (χ1n) is 9.17. The fourth-order valence-electron chi connectivity index (χ4n) is 2.98. The third kappa shape index (κ3) is 3.62. The molecule has 2 amide bonds. The summed E-state index contributed by atoms with van der Waals surface area (Å²) in [7, 11) is 1.80. The van der Waals surface area contributed by atoms with Crippen molar-refractivity contribution in [2.45, 2.75) is 6.92 Å². The molecule has 4 rings (SSSR count). The summed E-state index contributed by atoms with van der Waals surface area (Å²) in [5.74, 6) is -1.56. The van der Waals surface area contributed by atoms with Crippen LogP contribution in [0.2, 0.25) is 0 Å². The predicted octanol–water partition coefficient (Wildman–Crippen LogP) is 2.27. The van der Waals surface area contributed by atoms with Gasteiger partial charge in [-0.15, -0.1) is 0 Å². The van der Waals surface area contributed by atoms with Crippen LogP contribution in [-0.4, -0.2) is 42.7 Å². The SMILES string of the molecule is CCNC(=O)c1ccc(F)c(NC(=O)c2cnn3cc(-c4cnn(C)c4)ncc23)c1. The summed E-state index contributed by atoms with van der Waals surface area (Å²) in [6, 6.07) is 3.79. The largest absolute Gasteiger partial charge is 0.352 e. The van der Waals surface area contributed by atoms with Gasteiger partial charge in [0, 0.05) is 30.9 Å². The van der Waals surface area contributed by atoms with Crippen LogP contribution in [-0.2, 0) is 7.05 Å². The lowest BCUT2D eigenvalue weighted by Gasteiger charge is -2.08. The van der Waals surface area contributed by atoms with Crippen molar-refractivity contribution in [2.24, 2.45) is 7.05 Å². The van der Waals surface area contributed by atoms with Crippen LogP contribution in [0.3, 0.4) is 0 Å². The van der Waals surface area contributed by atoms with Crippen LogP contribution in [0.4, 0.5) is 10.1 Å². The highest BCUT2D eigenvalue weighted by atomic mass is 19.1. The number of rotatable bonds is 5. The Morgan fingerprint density at radius 3 is 2.67 bits per heavy atom. The number of aryl methyl sites for hydroxylation is 1. The smallest absolute Gasteiger partial charge is 0.259 e. The lowest BCUT2D eigenvalue weighted by molar-refractivity contribution is 0.0954. The van der Waals surface area contributed by atoms with Gasteiger partial charge in [0.25, 0.3) is 11.8 Å². The minimum atomic E-state index is -0.648. The summed E-state index contributed by atoms with van der Waals surface area (Å²) in [5, 5.41) is 13.4. The number of halogens is 1. The number of amides is 2. The van der Waals surface area contributed by atoms with Gasteiger partial charge in [0.15, 0.2) is 0 Å². The first-order chi connectivity index (χ1) is 14.5. The molecule has 0 saturated heterocycles. The van der Waals surface area contributed by atoms with E-state index >= 15 is 0 Å². The Kier molecular flexibility index (Phi) is 4.97. The van der Waals surface area contributed by atoms with Gasteiger partial charge in [-0.25, -0.2) is 8.91 Å². The Morgan fingerprint density at radius 2 is 1.93 bits per heavy atom. The van der Waals surface area contributed by atoms with Gasteiger partial charge in [-0.1, -0.05) is 0 Å². The molecule has 0 fully saturated rings. The molecule has 0 aliphatic rings. The van der Waals surface area contributed by atoms with Crippen molar-refractivity contribution in [2.75, 3.05) is 11.9 Å². The zero-order valence-electron chi connectivity index (χ0n) is 16.3. The van der Waals surface area contributed by atoms with Crippen LogP contribution in [0.15, 0.2) is 49.2 Å². The minimum absolute atomic E-state index is 0.0944. The topological polar surface area (TPSA) is 106 Å². The summed E-state index contributed by atoms with van der Waals surface area (Å²) in [5.41, 5.74) is 2.29. The predicted molar refractivity (Wildman–Crippen MR) is 108 cm³/mol. The van der Waals surface area contributed by atoms with E-state index in [9.17, 15) is 14.0 Å².